The molecule has 2 heterocycles. The number of fused-ring (bicyclic) bond motifs is 1. The maximum atomic E-state index is 13.2. The van der Waals surface area contributed by atoms with Gasteiger partial charge in [-0.25, -0.2) is 22.7 Å². The molecule has 0 saturated carbocycles. The Kier molecular flexibility index (Phi) is 9.38. The van der Waals surface area contributed by atoms with Crippen molar-refractivity contribution in [3.8, 4) is 5.75 Å². The summed E-state index contributed by atoms with van der Waals surface area (Å²) in [6, 6.07) is 8.51. The van der Waals surface area contributed by atoms with E-state index in [1.54, 1.807) is 57.3 Å². The summed E-state index contributed by atoms with van der Waals surface area (Å²) < 4.78 is 82.8. The molecule has 0 bridgehead atoms. The smallest absolute Gasteiger partial charge is 0.496 e. The molecule has 0 radical (unpaired) electrons. The average molecular weight is 640 g/mol. The first-order valence-corrected chi connectivity index (χ1v) is 15.4. The number of methoxy groups -OCH3 is 2. The van der Waals surface area contributed by atoms with Crippen LogP contribution in [-0.4, -0.2) is 67.9 Å². The van der Waals surface area contributed by atoms with Crippen molar-refractivity contribution in [2.75, 3.05) is 20.8 Å². The van der Waals surface area contributed by atoms with Gasteiger partial charge in [-0.2, -0.15) is 13.2 Å². The first kappa shape index (κ1) is 33.3. The zero-order valence-corrected chi connectivity index (χ0v) is 26.1. The lowest BCUT2D eigenvalue weighted by Gasteiger charge is -2.40. The standard InChI is InChI=1S/C30H36F3N3O7S/c1-18-15-25(41-5)23(22-12-14-36(26(18)22)28(38)43-29(2,3)4)17-35-13-11-21(34-44(39,40)30(31,32)33)16-24(35)19-7-9-20(10-8-19)27(37)42-6/h7-10,12,14-15,21,24,34H,11,13,16-17H2,1-6H3/t21-,24-/m0/s1. The first-order valence-electron chi connectivity index (χ1n) is 13.9. The number of carbonyl (C=O) groups is 2. The topological polar surface area (TPSA) is 116 Å². The lowest BCUT2D eigenvalue weighted by Crippen LogP contribution is -2.49. The number of sulfonamides is 1. The maximum absolute atomic E-state index is 13.2. The summed E-state index contributed by atoms with van der Waals surface area (Å²) in [5, 5.41) is 0.729. The van der Waals surface area contributed by atoms with E-state index in [9.17, 15) is 31.2 Å². The summed E-state index contributed by atoms with van der Waals surface area (Å²) in [5.74, 6) is 0.00535. The Morgan fingerprint density at radius 2 is 1.73 bits per heavy atom. The minimum atomic E-state index is -5.56. The number of nitrogens with zero attached hydrogens (tertiary/aromatic N) is 2. The highest BCUT2D eigenvalue weighted by molar-refractivity contribution is 7.90. The molecule has 1 aliphatic heterocycles. The van der Waals surface area contributed by atoms with Gasteiger partial charge in [0, 0.05) is 42.3 Å². The number of likely N-dealkylation sites (tertiary alicyclic amines) is 1. The molecule has 10 nitrogen and oxygen atoms in total. The number of piperidine rings is 1. The fraction of sp³-hybridized carbons (Fsp3) is 0.467. The molecule has 240 valence electrons. The molecule has 0 aliphatic carbocycles. The normalized spacial score (nSPS) is 18.3. The third-order valence-electron chi connectivity index (χ3n) is 7.46. The molecule has 0 unspecified atom stereocenters. The van der Waals surface area contributed by atoms with Crippen molar-refractivity contribution in [1.29, 1.82) is 0 Å². The summed E-state index contributed by atoms with van der Waals surface area (Å²) in [6.07, 6.45) is 1.22. The molecule has 1 fully saturated rings. The summed E-state index contributed by atoms with van der Waals surface area (Å²) in [7, 11) is -2.78. The average Bonchev–Trinajstić information content (AvgIpc) is 3.39. The largest absolute Gasteiger partial charge is 0.511 e. The van der Waals surface area contributed by atoms with Crippen LogP contribution in [0.5, 0.6) is 5.75 Å². The maximum Gasteiger partial charge on any atom is 0.511 e. The summed E-state index contributed by atoms with van der Waals surface area (Å²) >= 11 is 0. The molecule has 0 amide bonds. The number of aryl methyl sites for hydroxylation is 1. The number of carbonyl (C=O) groups excluding carboxylic acids is 2. The lowest BCUT2D eigenvalue weighted by atomic mass is 9.90. The number of rotatable bonds is 7. The first-order chi connectivity index (χ1) is 20.5. The number of ether oxygens (including phenoxy) is 3. The van der Waals surface area contributed by atoms with Gasteiger partial charge in [0.1, 0.15) is 11.4 Å². The number of esters is 1. The van der Waals surface area contributed by atoms with Crippen molar-refractivity contribution in [3.63, 3.8) is 0 Å². The molecule has 44 heavy (non-hydrogen) atoms. The SMILES string of the molecule is COC(=O)c1ccc([C@@H]2C[C@@H](NS(=O)(=O)C(F)(F)F)CCN2Cc2c(OC)cc(C)c3c2ccn3C(=O)OC(C)(C)C)cc1. The molecule has 1 N–H and O–H groups in total. The van der Waals surface area contributed by atoms with Crippen LogP contribution in [0.25, 0.3) is 10.9 Å². The molecular formula is C30H36F3N3O7S. The highest BCUT2D eigenvalue weighted by Crippen LogP contribution is 2.39. The van der Waals surface area contributed by atoms with E-state index in [1.165, 1.54) is 18.8 Å². The number of hydrogen-bond acceptors (Lipinski definition) is 8. The van der Waals surface area contributed by atoms with Crippen molar-refractivity contribution in [2.45, 2.75) is 70.3 Å². The number of aromatic nitrogens is 1. The fourth-order valence-corrected chi connectivity index (χ4v) is 6.26. The summed E-state index contributed by atoms with van der Waals surface area (Å²) in [5.41, 5.74) is -3.06. The third-order valence-corrected chi connectivity index (χ3v) is 8.71. The van der Waals surface area contributed by atoms with Gasteiger partial charge in [0.2, 0.25) is 0 Å². The van der Waals surface area contributed by atoms with Crippen LogP contribution in [0.4, 0.5) is 18.0 Å². The van der Waals surface area contributed by atoms with Crippen LogP contribution in [-0.2, 0) is 26.0 Å². The van der Waals surface area contributed by atoms with E-state index in [1.807, 2.05) is 22.6 Å². The number of halogens is 3. The number of benzene rings is 2. The van der Waals surface area contributed by atoms with E-state index >= 15 is 0 Å². The molecule has 3 aromatic rings. The van der Waals surface area contributed by atoms with Gasteiger partial charge in [0.25, 0.3) is 0 Å². The Morgan fingerprint density at radius 1 is 1.07 bits per heavy atom. The van der Waals surface area contributed by atoms with Crippen LogP contribution in [0.2, 0.25) is 0 Å². The third kappa shape index (κ3) is 7.02. The molecular weight excluding hydrogens is 603 g/mol. The minimum absolute atomic E-state index is 0.0309. The van der Waals surface area contributed by atoms with Gasteiger partial charge in [-0.3, -0.25) is 9.47 Å². The van der Waals surface area contributed by atoms with Crippen molar-refractivity contribution < 1.29 is 45.4 Å². The van der Waals surface area contributed by atoms with E-state index in [-0.39, 0.29) is 25.9 Å². The monoisotopic (exact) mass is 639 g/mol. The van der Waals surface area contributed by atoms with Crippen LogP contribution in [0.3, 0.4) is 0 Å². The van der Waals surface area contributed by atoms with Crippen molar-refractivity contribution in [3.05, 3.63) is 64.8 Å². The van der Waals surface area contributed by atoms with Crippen LogP contribution >= 0.6 is 0 Å². The number of hydrogen-bond donors (Lipinski definition) is 1. The number of nitrogens with one attached hydrogen (secondary N) is 1. The Labute approximate surface area is 254 Å². The zero-order valence-electron chi connectivity index (χ0n) is 25.3. The van der Waals surface area contributed by atoms with Crippen LogP contribution in [0, 0.1) is 6.92 Å². The zero-order chi connectivity index (χ0) is 32.6. The van der Waals surface area contributed by atoms with Crippen molar-refractivity contribution >= 4 is 33.0 Å². The quantitative estimate of drug-likeness (QED) is 0.329. The van der Waals surface area contributed by atoms with E-state index in [2.05, 4.69) is 0 Å². The van der Waals surface area contributed by atoms with Gasteiger partial charge < -0.3 is 14.2 Å². The predicted molar refractivity (Wildman–Crippen MR) is 157 cm³/mol. The van der Waals surface area contributed by atoms with Gasteiger partial charge in [-0.1, -0.05) is 12.1 Å². The van der Waals surface area contributed by atoms with Gasteiger partial charge in [-0.15, -0.1) is 0 Å². The van der Waals surface area contributed by atoms with Gasteiger partial charge in [0.15, 0.2) is 0 Å². The fourth-order valence-electron chi connectivity index (χ4n) is 5.48. The number of alkyl halides is 3. The Morgan fingerprint density at radius 3 is 2.30 bits per heavy atom. The Balaban J connectivity index is 1.74. The highest BCUT2D eigenvalue weighted by atomic mass is 32.2. The van der Waals surface area contributed by atoms with Crippen LogP contribution < -0.4 is 9.46 Å². The Bertz CT molecular complexity index is 1650. The van der Waals surface area contributed by atoms with E-state index in [4.69, 9.17) is 14.2 Å². The van der Waals surface area contributed by atoms with E-state index < -0.39 is 45.3 Å². The van der Waals surface area contributed by atoms with E-state index in [0.29, 0.717) is 22.4 Å². The molecule has 2 aromatic carbocycles. The molecule has 1 aromatic heterocycles. The summed E-state index contributed by atoms with van der Waals surface area (Å²) in [6.45, 7) is 7.66. The molecule has 1 saturated heterocycles. The lowest BCUT2D eigenvalue weighted by molar-refractivity contribution is -0.0454. The van der Waals surface area contributed by atoms with Crippen molar-refractivity contribution in [1.82, 2.24) is 14.2 Å². The van der Waals surface area contributed by atoms with Crippen molar-refractivity contribution in [2.24, 2.45) is 0 Å². The second-order valence-electron chi connectivity index (χ2n) is 11.7. The highest BCUT2D eigenvalue weighted by Gasteiger charge is 2.47. The second kappa shape index (κ2) is 12.4. The minimum Gasteiger partial charge on any atom is -0.496 e. The molecule has 1 aliphatic rings. The van der Waals surface area contributed by atoms with Crippen LogP contribution in [0.1, 0.15) is 66.7 Å². The molecule has 14 heteroatoms. The molecule has 2 atom stereocenters. The van der Waals surface area contributed by atoms with E-state index in [0.717, 1.165) is 16.5 Å². The second-order valence-corrected chi connectivity index (χ2v) is 13.4. The molecule has 0 spiro atoms. The predicted octanol–water partition coefficient (Wildman–Crippen LogP) is 5.67. The van der Waals surface area contributed by atoms with Gasteiger partial charge in [0.05, 0.1) is 25.3 Å². The van der Waals surface area contributed by atoms with Gasteiger partial charge >= 0.3 is 27.6 Å². The van der Waals surface area contributed by atoms with Crippen LogP contribution in [0.15, 0.2) is 42.6 Å². The van der Waals surface area contributed by atoms with Gasteiger partial charge in [-0.05, 0) is 75.9 Å². The summed E-state index contributed by atoms with van der Waals surface area (Å²) in [4.78, 5) is 27.0. The Hall–Kier alpha value is -3.62. The molecule has 4 rings (SSSR count).